The molecule has 36 heavy (non-hydrogen) atoms. The Bertz CT molecular complexity index is 1140. The quantitative estimate of drug-likeness (QED) is 0.323. The fourth-order valence-corrected chi connectivity index (χ4v) is 4.42. The number of hydrogen-bond donors (Lipinski definition) is 1. The summed E-state index contributed by atoms with van der Waals surface area (Å²) in [6, 6.07) is 11.7. The third kappa shape index (κ3) is 7.34. The summed E-state index contributed by atoms with van der Waals surface area (Å²) in [4.78, 5) is 12.5. The van der Waals surface area contributed by atoms with Crippen molar-refractivity contribution in [3.05, 3.63) is 59.7 Å². The van der Waals surface area contributed by atoms with Gasteiger partial charge in [0.25, 0.3) is 0 Å². The molecule has 3 rings (SSSR count). The molecule has 0 saturated carbocycles. The smallest absolute Gasteiger partial charge is 0.230 e. The molecule has 0 bridgehead atoms. The fourth-order valence-electron chi connectivity index (χ4n) is 3.53. The van der Waals surface area contributed by atoms with E-state index in [-0.39, 0.29) is 30.1 Å². The molecular weight excluding hydrogens is 487 g/mol. The molecule has 9 nitrogen and oxygen atoms in total. The van der Waals surface area contributed by atoms with Crippen LogP contribution in [0.3, 0.4) is 0 Å². The Balaban J connectivity index is 1.56. The number of hydrogen-bond acceptors (Lipinski definition) is 8. The van der Waals surface area contributed by atoms with Gasteiger partial charge in [-0.2, -0.15) is 0 Å². The standard InChI is InChI=1S/C25H31FN4O5S/c1-17(14-32-2)30-23(15-35-20-8-6-5-7-19(20)26)28-29-25(30)36-16-24(31)27-12-11-18-9-10-21(33-3)22(13-18)34-4/h5-10,13,17H,11-12,14-16H2,1-4H3,(H,27,31)/t17-/m0/s1. The Morgan fingerprint density at radius 3 is 2.58 bits per heavy atom. The number of nitrogens with zero attached hydrogens (tertiary/aromatic N) is 3. The fraction of sp³-hybridized carbons (Fsp3) is 0.400. The summed E-state index contributed by atoms with van der Waals surface area (Å²) in [6.07, 6.45) is 0.648. The molecule has 0 aliphatic carbocycles. The summed E-state index contributed by atoms with van der Waals surface area (Å²) in [5.74, 6) is 1.54. The van der Waals surface area contributed by atoms with Crippen LogP contribution in [0.4, 0.5) is 4.39 Å². The van der Waals surface area contributed by atoms with E-state index in [0.717, 1.165) is 5.56 Å². The van der Waals surface area contributed by atoms with E-state index in [4.69, 9.17) is 18.9 Å². The van der Waals surface area contributed by atoms with Crippen molar-refractivity contribution in [3.63, 3.8) is 0 Å². The number of aromatic nitrogens is 3. The van der Waals surface area contributed by atoms with Crippen LogP contribution in [0.5, 0.6) is 17.2 Å². The third-order valence-corrected chi connectivity index (χ3v) is 6.24. The molecule has 1 heterocycles. The van der Waals surface area contributed by atoms with Gasteiger partial charge in [0.15, 0.2) is 34.0 Å². The number of halogens is 1. The molecule has 1 aromatic heterocycles. The number of rotatable bonds is 14. The van der Waals surface area contributed by atoms with Gasteiger partial charge in [-0.25, -0.2) is 4.39 Å². The van der Waals surface area contributed by atoms with Crippen molar-refractivity contribution in [2.45, 2.75) is 31.1 Å². The maximum Gasteiger partial charge on any atom is 0.230 e. The number of methoxy groups -OCH3 is 3. The molecule has 0 saturated heterocycles. The maximum atomic E-state index is 13.9. The number of carbonyl (C=O) groups excluding carboxylic acids is 1. The molecule has 194 valence electrons. The average molecular weight is 519 g/mol. The molecule has 3 aromatic rings. The van der Waals surface area contributed by atoms with E-state index in [1.165, 1.54) is 17.8 Å². The Labute approximate surface area is 214 Å². The van der Waals surface area contributed by atoms with Crippen molar-refractivity contribution in [1.82, 2.24) is 20.1 Å². The molecular formula is C25H31FN4O5S. The first-order valence-corrected chi connectivity index (χ1v) is 12.4. The monoisotopic (exact) mass is 518 g/mol. The predicted molar refractivity (Wildman–Crippen MR) is 134 cm³/mol. The number of benzene rings is 2. The SMILES string of the molecule is COC[C@H](C)n1c(COc2ccccc2F)nnc1SCC(=O)NCCc1ccc(OC)c(OC)c1. The van der Waals surface area contributed by atoms with E-state index in [1.807, 2.05) is 29.7 Å². The van der Waals surface area contributed by atoms with Crippen molar-refractivity contribution >= 4 is 17.7 Å². The van der Waals surface area contributed by atoms with Crippen LogP contribution in [0.2, 0.25) is 0 Å². The van der Waals surface area contributed by atoms with E-state index in [9.17, 15) is 9.18 Å². The van der Waals surface area contributed by atoms with Crippen molar-refractivity contribution < 1.29 is 28.1 Å². The normalized spacial score (nSPS) is 11.7. The van der Waals surface area contributed by atoms with E-state index < -0.39 is 5.82 Å². The summed E-state index contributed by atoms with van der Waals surface area (Å²) in [5, 5.41) is 11.9. The molecule has 1 atom stereocenters. The van der Waals surface area contributed by atoms with Crippen LogP contribution in [-0.4, -0.2) is 60.9 Å². The van der Waals surface area contributed by atoms with Gasteiger partial charge in [0.1, 0.15) is 6.61 Å². The molecule has 0 fully saturated rings. The number of carbonyl (C=O) groups is 1. The van der Waals surface area contributed by atoms with Gasteiger partial charge in [0.2, 0.25) is 5.91 Å². The van der Waals surface area contributed by atoms with Gasteiger partial charge in [-0.05, 0) is 43.2 Å². The van der Waals surface area contributed by atoms with E-state index in [0.29, 0.717) is 42.1 Å². The summed E-state index contributed by atoms with van der Waals surface area (Å²) >= 11 is 1.27. The van der Waals surface area contributed by atoms with Gasteiger partial charge in [0.05, 0.1) is 32.6 Å². The summed E-state index contributed by atoms with van der Waals surface area (Å²) in [5.41, 5.74) is 1.02. The largest absolute Gasteiger partial charge is 0.493 e. The van der Waals surface area contributed by atoms with Crippen LogP contribution in [0, 0.1) is 5.82 Å². The Morgan fingerprint density at radius 1 is 1.08 bits per heavy atom. The van der Waals surface area contributed by atoms with Crippen LogP contribution >= 0.6 is 11.8 Å². The molecule has 11 heteroatoms. The van der Waals surface area contributed by atoms with Gasteiger partial charge < -0.3 is 24.3 Å². The van der Waals surface area contributed by atoms with Crippen LogP contribution in [0.25, 0.3) is 0 Å². The highest BCUT2D eigenvalue weighted by Gasteiger charge is 2.20. The molecule has 0 spiro atoms. The van der Waals surface area contributed by atoms with Gasteiger partial charge in [-0.1, -0.05) is 30.0 Å². The second kappa shape index (κ2) is 13.7. The number of thioether (sulfide) groups is 1. The summed E-state index contributed by atoms with van der Waals surface area (Å²) in [6.45, 7) is 2.87. The van der Waals surface area contributed by atoms with Gasteiger partial charge in [0, 0.05) is 13.7 Å². The van der Waals surface area contributed by atoms with E-state index in [2.05, 4.69) is 15.5 Å². The first-order valence-electron chi connectivity index (χ1n) is 11.4. The zero-order chi connectivity index (χ0) is 25.9. The lowest BCUT2D eigenvalue weighted by molar-refractivity contribution is -0.118. The Morgan fingerprint density at radius 2 is 1.86 bits per heavy atom. The lowest BCUT2D eigenvalue weighted by Gasteiger charge is -2.17. The van der Waals surface area contributed by atoms with Gasteiger partial charge in [-0.3, -0.25) is 9.36 Å². The van der Waals surface area contributed by atoms with Crippen molar-refractivity contribution in [1.29, 1.82) is 0 Å². The second-order valence-electron chi connectivity index (χ2n) is 7.87. The first-order chi connectivity index (χ1) is 17.5. The first kappa shape index (κ1) is 27.3. The minimum absolute atomic E-state index is 0.0278. The van der Waals surface area contributed by atoms with Crippen LogP contribution in [0.1, 0.15) is 24.4 Å². The molecule has 0 aliphatic heterocycles. The lowest BCUT2D eigenvalue weighted by Crippen LogP contribution is -2.27. The highest BCUT2D eigenvalue weighted by atomic mass is 32.2. The number of para-hydroxylation sites is 1. The summed E-state index contributed by atoms with van der Waals surface area (Å²) in [7, 11) is 4.78. The molecule has 1 N–H and O–H groups in total. The minimum atomic E-state index is -0.451. The highest BCUT2D eigenvalue weighted by Crippen LogP contribution is 2.28. The lowest BCUT2D eigenvalue weighted by atomic mass is 10.1. The number of ether oxygens (including phenoxy) is 4. The predicted octanol–water partition coefficient (Wildman–Crippen LogP) is 3.67. The van der Waals surface area contributed by atoms with Crippen LogP contribution in [0.15, 0.2) is 47.6 Å². The van der Waals surface area contributed by atoms with E-state index >= 15 is 0 Å². The van der Waals surface area contributed by atoms with Crippen molar-refractivity contribution in [3.8, 4) is 17.2 Å². The molecule has 0 unspecified atom stereocenters. The Hall–Kier alpha value is -3.31. The van der Waals surface area contributed by atoms with Crippen LogP contribution in [-0.2, 0) is 22.6 Å². The van der Waals surface area contributed by atoms with Gasteiger partial charge in [-0.15, -0.1) is 10.2 Å². The third-order valence-electron chi connectivity index (χ3n) is 5.29. The van der Waals surface area contributed by atoms with Gasteiger partial charge >= 0.3 is 0 Å². The number of nitrogens with one attached hydrogen (secondary N) is 1. The Kier molecular flexibility index (Phi) is 10.4. The zero-order valence-corrected chi connectivity index (χ0v) is 21.6. The maximum absolute atomic E-state index is 13.9. The zero-order valence-electron chi connectivity index (χ0n) is 20.8. The van der Waals surface area contributed by atoms with Crippen LogP contribution < -0.4 is 19.5 Å². The second-order valence-corrected chi connectivity index (χ2v) is 8.81. The average Bonchev–Trinajstić information content (AvgIpc) is 3.30. The molecule has 1 amide bonds. The molecule has 2 aromatic carbocycles. The highest BCUT2D eigenvalue weighted by molar-refractivity contribution is 7.99. The number of amides is 1. The van der Waals surface area contributed by atoms with E-state index in [1.54, 1.807) is 39.5 Å². The summed E-state index contributed by atoms with van der Waals surface area (Å²) < 4.78 is 37.2. The topological polar surface area (TPSA) is 96.7 Å². The van der Waals surface area contributed by atoms with Crippen molar-refractivity contribution in [2.75, 3.05) is 40.2 Å². The minimum Gasteiger partial charge on any atom is -0.493 e. The van der Waals surface area contributed by atoms with Crippen molar-refractivity contribution in [2.24, 2.45) is 0 Å². The molecule has 0 aliphatic rings. The molecule has 0 radical (unpaired) electrons.